The van der Waals surface area contributed by atoms with Crippen molar-refractivity contribution in [3.63, 3.8) is 0 Å². The number of benzene rings is 1. The van der Waals surface area contributed by atoms with Gasteiger partial charge in [0.15, 0.2) is 0 Å². The van der Waals surface area contributed by atoms with Crippen molar-refractivity contribution in [2.24, 2.45) is 0 Å². The molecule has 2 N–H and O–H groups in total. The Morgan fingerprint density at radius 2 is 2.04 bits per heavy atom. The second-order valence-corrected chi connectivity index (χ2v) is 6.34. The first-order chi connectivity index (χ1) is 12.1. The molecule has 0 aliphatic carbocycles. The maximum absolute atomic E-state index is 13.2. The van der Waals surface area contributed by atoms with Crippen LogP contribution in [0, 0.1) is 5.82 Å². The fourth-order valence-corrected chi connectivity index (χ4v) is 3.46. The molecule has 2 aromatic rings. The number of thioether (sulfide) groups is 1. The van der Waals surface area contributed by atoms with Gasteiger partial charge in [-0.05, 0) is 24.3 Å². The molecule has 9 heteroatoms. The van der Waals surface area contributed by atoms with Gasteiger partial charge in [0.2, 0.25) is 0 Å². The van der Waals surface area contributed by atoms with Crippen LogP contribution in [0.2, 0.25) is 0 Å². The number of halogens is 1. The largest absolute Gasteiger partial charge is 0.383 e. The second kappa shape index (κ2) is 7.66. The average molecular weight is 364 g/mol. The van der Waals surface area contributed by atoms with E-state index in [4.69, 9.17) is 4.74 Å². The van der Waals surface area contributed by atoms with Gasteiger partial charge in [-0.1, -0.05) is 0 Å². The Hall–Kier alpha value is -2.39. The number of carbonyl (C=O) groups is 2. The normalized spacial score (nSPS) is 12.7. The number of carbonyl (C=O) groups excluding carboxylic acids is 2. The lowest BCUT2D eigenvalue weighted by Gasteiger charge is -2.11. The van der Waals surface area contributed by atoms with E-state index in [1.807, 2.05) is 0 Å². The Morgan fingerprint density at radius 3 is 2.76 bits per heavy atom. The van der Waals surface area contributed by atoms with E-state index in [2.05, 4.69) is 15.7 Å². The van der Waals surface area contributed by atoms with Gasteiger partial charge < -0.3 is 15.4 Å². The summed E-state index contributed by atoms with van der Waals surface area (Å²) >= 11 is 1.68. The van der Waals surface area contributed by atoms with Gasteiger partial charge in [-0.25, -0.2) is 9.07 Å². The first-order valence-electron chi connectivity index (χ1n) is 7.62. The van der Waals surface area contributed by atoms with Crippen LogP contribution in [0.4, 0.5) is 10.2 Å². The van der Waals surface area contributed by atoms with Gasteiger partial charge >= 0.3 is 11.8 Å². The summed E-state index contributed by atoms with van der Waals surface area (Å²) in [7, 11) is 1.51. The van der Waals surface area contributed by atoms with Crippen LogP contribution in [0.1, 0.15) is 11.3 Å². The summed E-state index contributed by atoms with van der Waals surface area (Å²) in [6, 6.07) is 5.78. The van der Waals surface area contributed by atoms with Gasteiger partial charge in [-0.15, -0.1) is 0 Å². The number of anilines is 1. The van der Waals surface area contributed by atoms with E-state index < -0.39 is 11.8 Å². The number of aromatic nitrogens is 2. The quantitative estimate of drug-likeness (QED) is 0.620. The van der Waals surface area contributed by atoms with Gasteiger partial charge in [-0.3, -0.25) is 9.59 Å². The smallest absolute Gasteiger partial charge is 0.314 e. The van der Waals surface area contributed by atoms with Crippen molar-refractivity contribution in [3.8, 4) is 5.69 Å². The molecule has 1 aliphatic heterocycles. The molecule has 7 nitrogen and oxygen atoms in total. The molecule has 132 valence electrons. The van der Waals surface area contributed by atoms with Crippen molar-refractivity contribution in [3.05, 3.63) is 41.3 Å². The molecular weight excluding hydrogens is 347 g/mol. The summed E-state index contributed by atoms with van der Waals surface area (Å²) in [5.74, 6) is -0.0212. The van der Waals surface area contributed by atoms with Gasteiger partial charge in [0.1, 0.15) is 11.6 Å². The van der Waals surface area contributed by atoms with E-state index in [1.54, 1.807) is 23.9 Å². The summed E-state index contributed by atoms with van der Waals surface area (Å²) in [5, 5.41) is 9.59. The maximum Gasteiger partial charge on any atom is 0.314 e. The van der Waals surface area contributed by atoms with Crippen LogP contribution in [-0.2, 0) is 25.8 Å². The van der Waals surface area contributed by atoms with E-state index in [1.165, 1.54) is 23.9 Å². The maximum atomic E-state index is 13.2. The molecule has 1 aromatic heterocycles. The molecule has 0 saturated carbocycles. The fraction of sp³-hybridized carbons (Fsp3) is 0.312. The minimum atomic E-state index is -0.779. The van der Waals surface area contributed by atoms with Crippen LogP contribution in [-0.4, -0.2) is 41.9 Å². The number of ether oxygens (including phenoxy) is 1. The number of methoxy groups -OCH3 is 1. The number of rotatable bonds is 5. The van der Waals surface area contributed by atoms with Crippen molar-refractivity contribution < 1.29 is 18.7 Å². The van der Waals surface area contributed by atoms with Crippen molar-refractivity contribution in [2.45, 2.75) is 11.5 Å². The molecule has 0 atom stereocenters. The topological polar surface area (TPSA) is 85.2 Å². The molecule has 0 bridgehead atoms. The van der Waals surface area contributed by atoms with Gasteiger partial charge in [-0.2, -0.15) is 16.9 Å². The highest BCUT2D eigenvalue weighted by Crippen LogP contribution is 2.36. The van der Waals surface area contributed by atoms with Crippen LogP contribution in [0.15, 0.2) is 24.3 Å². The summed E-state index contributed by atoms with van der Waals surface area (Å²) < 4.78 is 19.5. The highest BCUT2D eigenvalue weighted by Gasteiger charge is 2.26. The van der Waals surface area contributed by atoms with Gasteiger partial charge in [0, 0.05) is 30.7 Å². The molecule has 0 radical (unpaired) electrons. The predicted octanol–water partition coefficient (Wildman–Crippen LogP) is 1.46. The number of nitrogens with zero attached hydrogens (tertiary/aromatic N) is 2. The SMILES string of the molecule is COCCNC(=O)C(=O)Nc1c2c(nn1-c1ccc(F)cc1)CSC2. The van der Waals surface area contributed by atoms with E-state index >= 15 is 0 Å². The summed E-state index contributed by atoms with van der Waals surface area (Å²) in [5.41, 5.74) is 2.34. The zero-order valence-electron chi connectivity index (χ0n) is 13.5. The summed E-state index contributed by atoms with van der Waals surface area (Å²) in [4.78, 5) is 24.0. The molecule has 3 rings (SSSR count). The Labute approximate surface area is 147 Å². The molecule has 2 amide bonds. The molecule has 0 spiro atoms. The van der Waals surface area contributed by atoms with E-state index in [9.17, 15) is 14.0 Å². The molecule has 0 saturated heterocycles. The Balaban J connectivity index is 1.84. The van der Waals surface area contributed by atoms with E-state index in [0.717, 1.165) is 17.0 Å². The van der Waals surface area contributed by atoms with Crippen LogP contribution >= 0.6 is 11.8 Å². The minimum Gasteiger partial charge on any atom is -0.383 e. The highest BCUT2D eigenvalue weighted by molar-refractivity contribution is 7.98. The van der Waals surface area contributed by atoms with Crippen LogP contribution in [0.5, 0.6) is 0 Å². The van der Waals surface area contributed by atoms with E-state index in [0.29, 0.717) is 23.9 Å². The van der Waals surface area contributed by atoms with Crippen LogP contribution in [0.3, 0.4) is 0 Å². The number of hydrogen-bond donors (Lipinski definition) is 2. The highest BCUT2D eigenvalue weighted by atomic mass is 32.2. The zero-order valence-corrected chi connectivity index (χ0v) is 14.4. The second-order valence-electron chi connectivity index (χ2n) is 5.36. The first-order valence-corrected chi connectivity index (χ1v) is 8.78. The molecule has 1 aliphatic rings. The van der Waals surface area contributed by atoms with Crippen LogP contribution < -0.4 is 10.6 Å². The van der Waals surface area contributed by atoms with Crippen LogP contribution in [0.25, 0.3) is 5.69 Å². The molecule has 0 unspecified atom stereocenters. The lowest BCUT2D eigenvalue weighted by Crippen LogP contribution is -2.37. The third kappa shape index (κ3) is 3.83. The number of hydrogen-bond acceptors (Lipinski definition) is 5. The lowest BCUT2D eigenvalue weighted by atomic mass is 10.2. The fourth-order valence-electron chi connectivity index (χ4n) is 2.42. The molecule has 25 heavy (non-hydrogen) atoms. The average Bonchev–Trinajstić information content (AvgIpc) is 3.18. The van der Waals surface area contributed by atoms with Crippen molar-refractivity contribution >= 4 is 29.4 Å². The molecule has 1 aromatic carbocycles. The molecular formula is C16H17FN4O3S. The van der Waals surface area contributed by atoms with Crippen molar-refractivity contribution in [2.75, 3.05) is 25.6 Å². The zero-order chi connectivity index (χ0) is 17.8. The van der Waals surface area contributed by atoms with E-state index in [-0.39, 0.29) is 12.4 Å². The standard InChI is InChI=1S/C16H17FN4O3S/c1-24-7-6-18-15(22)16(23)19-14-12-8-25-9-13(12)20-21(14)11-4-2-10(17)3-5-11/h2-5H,6-9H2,1H3,(H,18,22)(H,19,23). The number of fused-ring (bicyclic) bond motifs is 1. The summed E-state index contributed by atoms with van der Waals surface area (Å²) in [6.07, 6.45) is 0. The first kappa shape index (κ1) is 17.4. The van der Waals surface area contributed by atoms with Crippen molar-refractivity contribution in [1.29, 1.82) is 0 Å². The lowest BCUT2D eigenvalue weighted by molar-refractivity contribution is -0.136. The van der Waals surface area contributed by atoms with Gasteiger partial charge in [0.25, 0.3) is 0 Å². The summed E-state index contributed by atoms with van der Waals surface area (Å²) in [6.45, 7) is 0.562. The Morgan fingerprint density at radius 1 is 1.28 bits per heavy atom. The third-order valence-corrected chi connectivity index (χ3v) is 4.62. The molecule has 2 heterocycles. The van der Waals surface area contributed by atoms with Crippen molar-refractivity contribution in [1.82, 2.24) is 15.1 Å². The third-order valence-electron chi connectivity index (χ3n) is 3.65. The van der Waals surface area contributed by atoms with Gasteiger partial charge in [0.05, 0.1) is 18.0 Å². The minimum absolute atomic E-state index is 0.244. The Bertz CT molecular complexity index is 791. The number of amides is 2. The predicted molar refractivity (Wildman–Crippen MR) is 92.0 cm³/mol. The monoisotopic (exact) mass is 364 g/mol. The number of nitrogens with one attached hydrogen (secondary N) is 2. The molecule has 0 fully saturated rings. The Kier molecular flexibility index (Phi) is 5.34.